The molecule has 2 heterocycles. The third-order valence-corrected chi connectivity index (χ3v) is 7.96. The third-order valence-electron chi connectivity index (χ3n) is 7.96. The van der Waals surface area contributed by atoms with Crippen molar-refractivity contribution < 1.29 is 23.5 Å². The number of ether oxygens (including phenoxy) is 1. The van der Waals surface area contributed by atoms with Gasteiger partial charge < -0.3 is 15.0 Å². The van der Waals surface area contributed by atoms with E-state index in [4.69, 9.17) is 14.9 Å². The number of nitriles is 1. The maximum atomic E-state index is 14.7. The predicted octanol–water partition coefficient (Wildman–Crippen LogP) is 4.55. The lowest BCUT2D eigenvalue weighted by molar-refractivity contribution is -0.124. The van der Waals surface area contributed by atoms with Gasteiger partial charge in [0.25, 0.3) is 11.5 Å². The summed E-state index contributed by atoms with van der Waals surface area (Å²) in [5.74, 6) is -1.58. The lowest BCUT2D eigenvalue weighted by Gasteiger charge is -2.34. The van der Waals surface area contributed by atoms with Crippen LogP contribution in [0.3, 0.4) is 0 Å². The second-order valence-electron chi connectivity index (χ2n) is 10.8. The summed E-state index contributed by atoms with van der Waals surface area (Å²) in [5.41, 5.74) is 3.72. The van der Waals surface area contributed by atoms with E-state index in [2.05, 4.69) is 5.32 Å². The highest BCUT2D eigenvalue weighted by Gasteiger charge is 2.26. The number of anilines is 1. The summed E-state index contributed by atoms with van der Waals surface area (Å²) < 4.78 is 36.0. The first kappa shape index (κ1) is 32.0. The number of aromatic nitrogens is 2. The summed E-state index contributed by atoms with van der Waals surface area (Å²) in [5, 5.41) is 21.4. The van der Waals surface area contributed by atoms with Crippen LogP contribution in [-0.2, 0) is 18.4 Å². The minimum Gasteiger partial charge on any atom is -0.494 e. The van der Waals surface area contributed by atoms with E-state index in [0.717, 1.165) is 30.0 Å². The monoisotopic (exact) mass is 626 g/mol. The molecule has 0 aliphatic carbocycles. The van der Waals surface area contributed by atoms with Crippen molar-refractivity contribution in [2.75, 3.05) is 25.1 Å². The normalized spacial score (nSPS) is 13.5. The number of hydrogen-bond acceptors (Lipinski definition) is 8. The Morgan fingerprint density at radius 2 is 1.78 bits per heavy atom. The highest BCUT2D eigenvalue weighted by molar-refractivity contribution is 5.90. The van der Waals surface area contributed by atoms with E-state index in [9.17, 15) is 23.6 Å². The number of nitrogens with one attached hydrogen (secondary N) is 2. The molecule has 0 bridgehead atoms. The molecule has 1 aliphatic rings. The fourth-order valence-electron chi connectivity index (χ4n) is 5.42. The first-order valence-electron chi connectivity index (χ1n) is 14.6. The molecule has 4 aromatic rings. The molecule has 1 aliphatic heterocycles. The van der Waals surface area contributed by atoms with E-state index >= 15 is 0 Å². The summed E-state index contributed by atoms with van der Waals surface area (Å²) in [7, 11) is 2.95. The highest BCUT2D eigenvalue weighted by atomic mass is 19.1. The number of hydroxylamine groups is 1. The van der Waals surface area contributed by atoms with Gasteiger partial charge in [0.15, 0.2) is 11.6 Å². The van der Waals surface area contributed by atoms with Gasteiger partial charge in [-0.3, -0.25) is 19.4 Å². The maximum Gasteiger partial charge on any atom is 0.267 e. The zero-order valence-electron chi connectivity index (χ0n) is 25.3. The first-order chi connectivity index (χ1) is 22.2. The van der Waals surface area contributed by atoms with Crippen molar-refractivity contribution in [3.63, 3.8) is 0 Å². The van der Waals surface area contributed by atoms with E-state index in [1.165, 1.54) is 42.0 Å². The Hall–Kier alpha value is -5.38. The van der Waals surface area contributed by atoms with Gasteiger partial charge in [0.2, 0.25) is 5.95 Å². The van der Waals surface area contributed by atoms with Gasteiger partial charge in [-0.05, 0) is 59.9 Å². The van der Waals surface area contributed by atoms with E-state index in [1.807, 2.05) is 29.2 Å². The Labute approximate surface area is 264 Å². The molecule has 12 heteroatoms. The van der Waals surface area contributed by atoms with Gasteiger partial charge in [-0.25, -0.2) is 19.2 Å². The second-order valence-corrected chi connectivity index (χ2v) is 10.8. The molecule has 0 unspecified atom stereocenters. The zero-order chi connectivity index (χ0) is 32.8. The van der Waals surface area contributed by atoms with Gasteiger partial charge in [0, 0.05) is 44.4 Å². The summed E-state index contributed by atoms with van der Waals surface area (Å²) >= 11 is 0. The number of amides is 1. The summed E-state index contributed by atoms with van der Waals surface area (Å²) in [6, 6.07) is 17.9. The van der Waals surface area contributed by atoms with Crippen molar-refractivity contribution in [1.82, 2.24) is 20.3 Å². The van der Waals surface area contributed by atoms with Crippen LogP contribution >= 0.6 is 0 Å². The molecule has 0 atom stereocenters. The van der Waals surface area contributed by atoms with Gasteiger partial charge in [-0.2, -0.15) is 5.26 Å². The molecule has 0 radical (unpaired) electrons. The summed E-state index contributed by atoms with van der Waals surface area (Å²) in [6.45, 7) is 1.85. The van der Waals surface area contributed by atoms with Gasteiger partial charge in [0.05, 0.1) is 23.9 Å². The highest BCUT2D eigenvalue weighted by Crippen LogP contribution is 2.33. The predicted molar refractivity (Wildman–Crippen MR) is 169 cm³/mol. The van der Waals surface area contributed by atoms with Crippen molar-refractivity contribution in [1.29, 1.82) is 5.26 Å². The number of rotatable bonds is 9. The van der Waals surface area contributed by atoms with Crippen LogP contribution in [0, 0.1) is 23.0 Å². The molecule has 10 nitrogen and oxygen atoms in total. The van der Waals surface area contributed by atoms with E-state index in [0.29, 0.717) is 25.6 Å². The van der Waals surface area contributed by atoms with Crippen molar-refractivity contribution in [3.8, 4) is 34.2 Å². The largest absolute Gasteiger partial charge is 0.494 e. The Balaban J connectivity index is 1.37. The van der Waals surface area contributed by atoms with Gasteiger partial charge in [-0.15, -0.1) is 0 Å². The number of nitrogens with zero attached hydrogens (tertiary/aromatic N) is 4. The molecule has 0 saturated carbocycles. The molecule has 1 fully saturated rings. The lowest BCUT2D eigenvalue weighted by atomic mass is 9.99. The maximum absolute atomic E-state index is 14.7. The molecule has 1 saturated heterocycles. The Morgan fingerprint density at radius 3 is 2.41 bits per heavy atom. The smallest absolute Gasteiger partial charge is 0.267 e. The molecule has 5 rings (SSSR count). The number of carbonyl (C=O) groups excluding carboxylic acids is 1. The van der Waals surface area contributed by atoms with Crippen LogP contribution in [0.2, 0.25) is 0 Å². The average molecular weight is 627 g/mol. The molecular weight excluding hydrogens is 594 g/mol. The quantitative estimate of drug-likeness (QED) is 0.140. The van der Waals surface area contributed by atoms with Crippen LogP contribution in [0.25, 0.3) is 28.5 Å². The number of methoxy groups -OCH3 is 1. The van der Waals surface area contributed by atoms with Gasteiger partial charge in [0.1, 0.15) is 11.9 Å². The fraction of sp³-hybridized carbons (Fsp3) is 0.235. The molecule has 1 amide bonds. The van der Waals surface area contributed by atoms with Crippen molar-refractivity contribution in [2.24, 2.45) is 7.05 Å². The van der Waals surface area contributed by atoms with Crippen molar-refractivity contribution >= 4 is 17.9 Å². The zero-order valence-corrected chi connectivity index (χ0v) is 25.3. The van der Waals surface area contributed by atoms with Crippen molar-refractivity contribution in [3.05, 3.63) is 105 Å². The Kier molecular flexibility index (Phi) is 9.85. The number of piperidine rings is 1. The number of carbonyl (C=O) groups is 1. The summed E-state index contributed by atoms with van der Waals surface area (Å²) in [6.07, 6.45) is 4.40. The number of hydrogen-bond donors (Lipinski definition) is 3. The second kappa shape index (κ2) is 14.2. The van der Waals surface area contributed by atoms with Crippen molar-refractivity contribution in [2.45, 2.75) is 25.4 Å². The van der Waals surface area contributed by atoms with Crippen LogP contribution in [-0.4, -0.2) is 46.9 Å². The Bertz CT molecular complexity index is 1880. The minimum absolute atomic E-state index is 0.0199. The topological polar surface area (TPSA) is 133 Å². The average Bonchev–Trinajstić information content (AvgIpc) is 3.08. The third kappa shape index (κ3) is 6.96. The van der Waals surface area contributed by atoms with Crippen LogP contribution in [0.1, 0.15) is 29.5 Å². The molecule has 3 aromatic carbocycles. The van der Waals surface area contributed by atoms with Gasteiger partial charge >= 0.3 is 0 Å². The van der Waals surface area contributed by atoms with Crippen LogP contribution in [0.15, 0.2) is 71.5 Å². The molecule has 0 spiro atoms. The van der Waals surface area contributed by atoms with E-state index in [1.54, 1.807) is 30.7 Å². The lowest BCUT2D eigenvalue weighted by Crippen LogP contribution is -2.44. The first-order valence-corrected chi connectivity index (χ1v) is 14.6. The standard InChI is InChI=1S/C34H32F2N6O4/c1-41-33(44)31(23-10-11-29(46-2)28(36)17-23)32(24-8-9-25(19-37)27(35)18-24)39-34(41)42-15-13-26(14-16-42)38-20-22-5-3-21(4-6-22)7-12-30(43)40-45/h3-12,17-18,26,38,45H,13-16,20H2,1-2H3,(H,40,43)/b12-7+. The van der Waals surface area contributed by atoms with Gasteiger partial charge in [-0.1, -0.05) is 36.4 Å². The molecule has 1 aromatic heterocycles. The molecule has 3 N–H and O–H groups in total. The van der Waals surface area contributed by atoms with Crippen LogP contribution in [0.5, 0.6) is 5.75 Å². The number of benzene rings is 3. The van der Waals surface area contributed by atoms with Crippen LogP contribution in [0.4, 0.5) is 14.7 Å². The molecule has 46 heavy (non-hydrogen) atoms. The summed E-state index contributed by atoms with van der Waals surface area (Å²) in [4.78, 5) is 31.9. The molecule has 236 valence electrons. The van der Waals surface area contributed by atoms with Crippen LogP contribution < -0.4 is 26.0 Å². The number of halogens is 2. The Morgan fingerprint density at radius 1 is 1.09 bits per heavy atom. The molecular formula is C34H32F2N6O4. The minimum atomic E-state index is -0.747. The fourth-order valence-corrected chi connectivity index (χ4v) is 5.42. The van der Waals surface area contributed by atoms with E-state index in [-0.39, 0.29) is 39.7 Å². The van der Waals surface area contributed by atoms with E-state index < -0.39 is 23.1 Å². The SMILES string of the molecule is COc1ccc(-c2c(-c3ccc(C#N)c(F)c3)nc(N3CCC(NCc4ccc(/C=C/C(=O)NO)cc4)CC3)n(C)c2=O)cc1F.